The summed E-state index contributed by atoms with van der Waals surface area (Å²) in [5.41, 5.74) is 0. The van der Waals surface area contributed by atoms with E-state index >= 15 is 0 Å². The van der Waals surface area contributed by atoms with Crippen LogP contribution in [0.5, 0.6) is 0 Å². The Labute approximate surface area is 152 Å². The van der Waals surface area contributed by atoms with E-state index in [1.807, 2.05) is 0 Å². The molecule has 0 atom stereocenters. The van der Waals surface area contributed by atoms with Crippen molar-refractivity contribution < 1.29 is 14.2 Å². The molecule has 6 nitrogen and oxygen atoms in total. The lowest BCUT2D eigenvalue weighted by molar-refractivity contribution is 0.00770. The van der Waals surface area contributed by atoms with Gasteiger partial charge in [-0.25, -0.2) is 0 Å². The van der Waals surface area contributed by atoms with Gasteiger partial charge in [-0.1, -0.05) is 0 Å². The van der Waals surface area contributed by atoms with Crippen molar-refractivity contribution in [3.63, 3.8) is 0 Å². The molecule has 0 aromatic carbocycles. The predicted molar refractivity (Wildman–Crippen MR) is 102 cm³/mol. The van der Waals surface area contributed by atoms with Crippen LogP contribution < -0.4 is 5.32 Å². The minimum absolute atomic E-state index is 0.642. The van der Waals surface area contributed by atoms with Crippen LogP contribution in [0.3, 0.4) is 0 Å². The third kappa shape index (κ3) is 11.6. The number of hydrogen-bond acceptors (Lipinski definition) is 7. The summed E-state index contributed by atoms with van der Waals surface area (Å²) in [4.78, 5) is 5.02. The van der Waals surface area contributed by atoms with E-state index in [9.17, 15) is 0 Å². The fourth-order valence-corrected chi connectivity index (χ4v) is 2.91. The summed E-state index contributed by atoms with van der Waals surface area (Å²) in [6, 6.07) is 0.663. The minimum atomic E-state index is 0.642. The van der Waals surface area contributed by atoms with Gasteiger partial charge in [0.05, 0.1) is 39.6 Å². The number of hydrogen-bond donors (Lipinski definition) is 1. The van der Waals surface area contributed by atoms with E-state index in [-0.39, 0.29) is 0 Å². The normalized spacial score (nSPS) is 17.0. The molecular formula is C17H37N3O3S. The van der Waals surface area contributed by atoms with Crippen molar-refractivity contribution in [2.24, 2.45) is 0 Å². The van der Waals surface area contributed by atoms with Gasteiger partial charge in [-0.15, -0.1) is 11.8 Å². The summed E-state index contributed by atoms with van der Waals surface area (Å²) in [7, 11) is 0. The number of piperazine rings is 1. The molecule has 0 bridgehead atoms. The highest BCUT2D eigenvalue weighted by molar-refractivity contribution is 7.98. The standard InChI is InChI=1S/C17H37N3O3S/c1-17(2)20-7-5-19(6-8-20)9-11-22-13-15-23-14-12-21-10-4-18-16-24-3/h17-18H,4-16H2,1-3H3. The van der Waals surface area contributed by atoms with Crippen LogP contribution in [0.15, 0.2) is 0 Å². The largest absolute Gasteiger partial charge is 0.378 e. The van der Waals surface area contributed by atoms with E-state index in [1.165, 1.54) is 13.1 Å². The molecule has 0 spiro atoms. The third-order valence-electron chi connectivity index (χ3n) is 4.10. The average molecular weight is 364 g/mol. The Morgan fingerprint density at radius 2 is 1.46 bits per heavy atom. The zero-order valence-electron chi connectivity index (χ0n) is 15.8. The highest BCUT2D eigenvalue weighted by Crippen LogP contribution is 2.05. The lowest BCUT2D eigenvalue weighted by Gasteiger charge is -2.36. The van der Waals surface area contributed by atoms with Crippen molar-refractivity contribution in [2.75, 3.05) is 91.0 Å². The first-order valence-corrected chi connectivity index (χ1v) is 10.5. The molecule has 24 heavy (non-hydrogen) atoms. The Kier molecular flexibility index (Phi) is 14.2. The molecule has 1 aliphatic rings. The van der Waals surface area contributed by atoms with Crippen LogP contribution >= 0.6 is 11.8 Å². The first kappa shape index (κ1) is 22.2. The average Bonchev–Trinajstić information content (AvgIpc) is 2.59. The van der Waals surface area contributed by atoms with Gasteiger partial charge in [0.1, 0.15) is 0 Å². The highest BCUT2D eigenvalue weighted by atomic mass is 32.2. The minimum Gasteiger partial charge on any atom is -0.378 e. The molecule has 1 heterocycles. The summed E-state index contributed by atoms with van der Waals surface area (Å²) >= 11 is 1.78. The van der Waals surface area contributed by atoms with Gasteiger partial charge in [0.15, 0.2) is 0 Å². The van der Waals surface area contributed by atoms with Crippen molar-refractivity contribution in [1.82, 2.24) is 15.1 Å². The van der Waals surface area contributed by atoms with Crippen molar-refractivity contribution in [2.45, 2.75) is 19.9 Å². The molecular weight excluding hydrogens is 326 g/mol. The van der Waals surface area contributed by atoms with Crippen molar-refractivity contribution in [1.29, 1.82) is 0 Å². The van der Waals surface area contributed by atoms with Crippen LogP contribution in [0.25, 0.3) is 0 Å². The molecule has 0 saturated carbocycles. The van der Waals surface area contributed by atoms with Gasteiger partial charge in [-0.05, 0) is 20.1 Å². The number of rotatable bonds is 15. The molecule has 0 radical (unpaired) electrons. The Balaban J connectivity index is 1.77. The van der Waals surface area contributed by atoms with E-state index in [4.69, 9.17) is 14.2 Å². The summed E-state index contributed by atoms with van der Waals surface area (Å²) in [5, 5.41) is 3.27. The van der Waals surface area contributed by atoms with Crippen LogP contribution in [0.1, 0.15) is 13.8 Å². The summed E-state index contributed by atoms with van der Waals surface area (Å²) in [5.74, 6) is 0.977. The molecule has 7 heteroatoms. The number of ether oxygens (including phenoxy) is 3. The second-order valence-electron chi connectivity index (χ2n) is 6.24. The van der Waals surface area contributed by atoms with Gasteiger partial charge in [0, 0.05) is 51.2 Å². The van der Waals surface area contributed by atoms with Crippen LogP contribution in [0.4, 0.5) is 0 Å². The topological polar surface area (TPSA) is 46.2 Å². The van der Waals surface area contributed by atoms with Crippen molar-refractivity contribution in [3.8, 4) is 0 Å². The number of thioether (sulfide) groups is 1. The van der Waals surface area contributed by atoms with Crippen LogP contribution in [-0.4, -0.2) is 107 Å². The number of nitrogens with zero attached hydrogens (tertiary/aromatic N) is 2. The molecule has 1 rings (SSSR count). The van der Waals surface area contributed by atoms with Gasteiger partial charge in [-0.2, -0.15) is 0 Å². The maximum Gasteiger partial charge on any atom is 0.0701 e. The summed E-state index contributed by atoms with van der Waals surface area (Å²) in [6.07, 6.45) is 2.08. The number of nitrogens with one attached hydrogen (secondary N) is 1. The van der Waals surface area contributed by atoms with Gasteiger partial charge < -0.3 is 19.5 Å². The molecule has 0 aromatic heterocycles. The highest BCUT2D eigenvalue weighted by Gasteiger charge is 2.17. The first-order valence-electron chi connectivity index (χ1n) is 9.13. The monoisotopic (exact) mass is 363 g/mol. The second-order valence-corrected chi connectivity index (χ2v) is 7.11. The van der Waals surface area contributed by atoms with Crippen molar-refractivity contribution in [3.05, 3.63) is 0 Å². The fraction of sp³-hybridized carbons (Fsp3) is 1.00. The molecule has 0 unspecified atom stereocenters. The zero-order chi connectivity index (χ0) is 17.5. The first-order chi connectivity index (χ1) is 11.7. The fourth-order valence-electron chi connectivity index (χ4n) is 2.56. The maximum absolute atomic E-state index is 5.65. The smallest absolute Gasteiger partial charge is 0.0701 e. The Bertz CT molecular complexity index is 278. The molecule has 1 N–H and O–H groups in total. The second kappa shape index (κ2) is 15.4. The van der Waals surface area contributed by atoms with Crippen molar-refractivity contribution >= 4 is 11.8 Å². The maximum atomic E-state index is 5.65. The van der Waals surface area contributed by atoms with E-state index in [0.29, 0.717) is 32.5 Å². The lowest BCUT2D eigenvalue weighted by Crippen LogP contribution is -2.49. The Morgan fingerprint density at radius 3 is 2.04 bits per heavy atom. The van der Waals surface area contributed by atoms with Crippen LogP contribution in [-0.2, 0) is 14.2 Å². The van der Waals surface area contributed by atoms with Gasteiger partial charge in [0.25, 0.3) is 0 Å². The van der Waals surface area contributed by atoms with Gasteiger partial charge in [-0.3, -0.25) is 9.80 Å². The van der Waals surface area contributed by atoms with E-state index < -0.39 is 0 Å². The third-order valence-corrected chi connectivity index (χ3v) is 4.60. The van der Waals surface area contributed by atoms with E-state index in [0.717, 1.165) is 45.3 Å². The molecule has 0 amide bonds. The molecule has 0 aromatic rings. The summed E-state index contributed by atoms with van der Waals surface area (Å²) < 4.78 is 16.6. The quantitative estimate of drug-likeness (QED) is 0.344. The van der Waals surface area contributed by atoms with Gasteiger partial charge >= 0.3 is 0 Å². The Morgan fingerprint density at radius 1 is 0.875 bits per heavy atom. The van der Waals surface area contributed by atoms with Crippen LogP contribution in [0.2, 0.25) is 0 Å². The zero-order valence-corrected chi connectivity index (χ0v) is 16.6. The molecule has 1 fully saturated rings. The predicted octanol–water partition coefficient (Wildman–Crippen LogP) is 0.972. The lowest BCUT2D eigenvalue weighted by atomic mass is 10.2. The molecule has 1 aliphatic heterocycles. The van der Waals surface area contributed by atoms with Gasteiger partial charge in [0.2, 0.25) is 0 Å². The van der Waals surface area contributed by atoms with Crippen LogP contribution in [0, 0.1) is 0 Å². The Hall–Kier alpha value is 0.110. The van der Waals surface area contributed by atoms with E-state index in [1.54, 1.807) is 11.8 Å². The molecule has 144 valence electrons. The molecule has 1 saturated heterocycles. The summed E-state index contributed by atoms with van der Waals surface area (Å²) in [6.45, 7) is 15.3. The SMILES string of the molecule is CSCNCCOCCOCCOCCN1CCN(C(C)C)CC1. The van der Waals surface area contributed by atoms with E-state index in [2.05, 4.69) is 35.2 Å². The molecule has 0 aliphatic carbocycles.